The molecule has 4 nitrogen and oxygen atoms in total. The number of nitrogens with two attached hydrogens (primary N) is 1. The molecule has 2 N–H and O–H groups in total. The van der Waals surface area contributed by atoms with Gasteiger partial charge in [-0.05, 0) is 12.2 Å². The Morgan fingerprint density at radius 2 is 2.29 bits per heavy atom. The molecule has 0 atom stereocenters. The van der Waals surface area contributed by atoms with Crippen molar-refractivity contribution in [1.29, 1.82) is 0 Å². The number of anilines is 1. The number of pyridine rings is 1. The van der Waals surface area contributed by atoms with E-state index in [1.807, 2.05) is 0 Å². The summed E-state index contributed by atoms with van der Waals surface area (Å²) in [6.45, 7) is 0. The van der Waals surface area contributed by atoms with Crippen LogP contribution in [-0.2, 0) is 0 Å². The number of hydrogen-bond acceptors (Lipinski definition) is 5. The highest BCUT2D eigenvalue weighted by atomic mass is 32.1. The highest BCUT2D eigenvalue weighted by Gasteiger charge is 2.02. The zero-order chi connectivity index (χ0) is 12.3. The number of nitrogen functional groups attached to an aromatic ring is 1. The molecular weight excluding hydrogens is 241 g/mol. The van der Waals surface area contributed by atoms with Gasteiger partial charge in [-0.25, -0.2) is 14.4 Å². The van der Waals surface area contributed by atoms with E-state index in [-0.39, 0.29) is 5.69 Å². The lowest BCUT2D eigenvalue weighted by Gasteiger charge is -2.00. The van der Waals surface area contributed by atoms with Gasteiger partial charge in [0.05, 0.1) is 24.7 Å². The molecule has 0 saturated heterocycles. The first-order valence-corrected chi connectivity index (χ1v) is 5.65. The number of aromatic nitrogens is 2. The van der Waals surface area contributed by atoms with Crippen LogP contribution < -0.4 is 10.5 Å². The average Bonchev–Trinajstić information content (AvgIpc) is 2.73. The Bertz CT molecular complexity index is 553. The molecule has 0 unspecified atom stereocenters. The summed E-state index contributed by atoms with van der Waals surface area (Å²) < 4.78 is 18.4. The zero-order valence-electron chi connectivity index (χ0n) is 9.05. The highest BCUT2D eigenvalue weighted by Crippen LogP contribution is 2.17. The van der Waals surface area contributed by atoms with E-state index >= 15 is 0 Å². The number of halogens is 1. The Morgan fingerprint density at radius 3 is 2.88 bits per heavy atom. The van der Waals surface area contributed by atoms with Crippen LogP contribution in [0.3, 0.4) is 0 Å². The molecule has 0 aromatic carbocycles. The third-order valence-corrected chi connectivity index (χ3v) is 2.72. The lowest BCUT2D eigenvalue weighted by molar-refractivity contribution is 0.408. The van der Waals surface area contributed by atoms with E-state index in [4.69, 9.17) is 10.5 Å². The predicted octanol–water partition coefficient (Wildman–Crippen LogP) is 2.44. The van der Waals surface area contributed by atoms with Gasteiger partial charge in [0.2, 0.25) is 0 Å². The number of thiazole rings is 1. The van der Waals surface area contributed by atoms with Crippen LogP contribution in [0.4, 0.5) is 9.52 Å². The lowest BCUT2D eigenvalue weighted by atomic mass is 10.3. The average molecular weight is 251 g/mol. The maximum Gasteiger partial charge on any atom is 0.180 e. The molecular formula is C11H10FN3OS. The summed E-state index contributed by atoms with van der Waals surface area (Å²) in [5, 5.41) is 2.26. The summed E-state index contributed by atoms with van der Waals surface area (Å²) in [5.74, 6) is -0.0543. The van der Waals surface area contributed by atoms with E-state index in [0.717, 1.165) is 0 Å². The van der Waals surface area contributed by atoms with E-state index < -0.39 is 5.82 Å². The van der Waals surface area contributed by atoms with Crippen molar-refractivity contribution in [2.75, 3.05) is 12.8 Å². The molecule has 0 amide bonds. The van der Waals surface area contributed by atoms with Crippen LogP contribution in [-0.4, -0.2) is 17.1 Å². The third kappa shape index (κ3) is 2.79. The van der Waals surface area contributed by atoms with E-state index in [2.05, 4.69) is 9.97 Å². The summed E-state index contributed by atoms with van der Waals surface area (Å²) in [6, 6.07) is 1.28. The van der Waals surface area contributed by atoms with Crippen molar-refractivity contribution >= 4 is 28.6 Å². The fourth-order valence-corrected chi connectivity index (χ4v) is 1.74. The molecule has 0 radical (unpaired) electrons. The number of nitrogens with zero attached hydrogens (tertiary/aromatic N) is 2. The maximum atomic E-state index is 13.5. The maximum absolute atomic E-state index is 13.5. The molecule has 0 aliphatic carbocycles. The monoisotopic (exact) mass is 251 g/mol. The summed E-state index contributed by atoms with van der Waals surface area (Å²) >= 11 is 1.33. The first-order valence-electron chi connectivity index (χ1n) is 4.77. The molecule has 0 aliphatic heterocycles. The Labute approximate surface area is 102 Å². The van der Waals surface area contributed by atoms with Gasteiger partial charge in [0.15, 0.2) is 10.9 Å². The van der Waals surface area contributed by atoms with Gasteiger partial charge in [0, 0.05) is 11.4 Å². The molecule has 0 aliphatic rings. The number of ether oxygens (including phenoxy) is 1. The summed E-state index contributed by atoms with van der Waals surface area (Å²) in [6.07, 6.45) is 4.66. The van der Waals surface area contributed by atoms with Gasteiger partial charge in [-0.15, -0.1) is 11.3 Å². The SMILES string of the molecule is COc1cnc(C=Cc2csc(N)n2)c(F)c1. The highest BCUT2D eigenvalue weighted by molar-refractivity contribution is 7.13. The van der Waals surface area contributed by atoms with Crippen molar-refractivity contribution < 1.29 is 9.13 Å². The van der Waals surface area contributed by atoms with E-state index in [1.165, 1.54) is 30.7 Å². The van der Waals surface area contributed by atoms with Gasteiger partial charge < -0.3 is 10.5 Å². The summed E-state index contributed by atoms with van der Waals surface area (Å²) in [7, 11) is 1.46. The molecule has 0 fully saturated rings. The Hall–Kier alpha value is -1.95. The molecule has 17 heavy (non-hydrogen) atoms. The Morgan fingerprint density at radius 1 is 1.47 bits per heavy atom. The third-order valence-electron chi connectivity index (χ3n) is 2.03. The number of hydrogen-bond donors (Lipinski definition) is 1. The van der Waals surface area contributed by atoms with Crippen molar-refractivity contribution in [3.8, 4) is 5.75 Å². The van der Waals surface area contributed by atoms with Gasteiger partial charge in [-0.2, -0.15) is 0 Å². The Balaban J connectivity index is 2.21. The smallest absolute Gasteiger partial charge is 0.180 e. The topological polar surface area (TPSA) is 61.0 Å². The largest absolute Gasteiger partial charge is 0.495 e. The van der Waals surface area contributed by atoms with E-state index in [0.29, 0.717) is 16.6 Å². The van der Waals surface area contributed by atoms with Crippen molar-refractivity contribution in [1.82, 2.24) is 9.97 Å². The molecule has 0 spiro atoms. The van der Waals surface area contributed by atoms with Crippen LogP contribution in [0, 0.1) is 5.82 Å². The van der Waals surface area contributed by atoms with E-state index in [1.54, 1.807) is 17.5 Å². The summed E-state index contributed by atoms with van der Waals surface area (Å²) in [4.78, 5) is 7.95. The van der Waals surface area contributed by atoms with E-state index in [9.17, 15) is 4.39 Å². The second kappa shape index (κ2) is 4.92. The van der Waals surface area contributed by atoms with Crippen molar-refractivity contribution in [2.24, 2.45) is 0 Å². The Kier molecular flexibility index (Phi) is 3.34. The quantitative estimate of drug-likeness (QED) is 0.910. The second-order valence-corrected chi connectivity index (χ2v) is 4.08. The molecule has 2 heterocycles. The van der Waals surface area contributed by atoms with Crippen LogP contribution in [0.5, 0.6) is 5.75 Å². The van der Waals surface area contributed by atoms with Crippen LogP contribution in [0.15, 0.2) is 17.6 Å². The predicted molar refractivity (Wildman–Crippen MR) is 66.2 cm³/mol. The van der Waals surface area contributed by atoms with Gasteiger partial charge in [0.25, 0.3) is 0 Å². The molecule has 6 heteroatoms. The molecule has 88 valence electrons. The second-order valence-electron chi connectivity index (χ2n) is 3.19. The lowest BCUT2D eigenvalue weighted by Crippen LogP contribution is -1.91. The first-order chi connectivity index (χ1) is 8.19. The molecule has 0 bridgehead atoms. The minimum Gasteiger partial charge on any atom is -0.495 e. The molecule has 2 aromatic heterocycles. The number of methoxy groups -OCH3 is 1. The fourth-order valence-electron chi connectivity index (χ4n) is 1.21. The number of rotatable bonds is 3. The van der Waals surface area contributed by atoms with Gasteiger partial charge in [-0.3, -0.25) is 0 Å². The molecule has 2 aromatic rings. The van der Waals surface area contributed by atoms with Crippen LogP contribution in [0.25, 0.3) is 12.2 Å². The molecule has 2 rings (SSSR count). The van der Waals surface area contributed by atoms with Gasteiger partial charge in [-0.1, -0.05) is 0 Å². The minimum absolute atomic E-state index is 0.234. The van der Waals surface area contributed by atoms with Crippen molar-refractivity contribution in [3.63, 3.8) is 0 Å². The molecule has 0 saturated carbocycles. The van der Waals surface area contributed by atoms with Crippen LogP contribution in [0.1, 0.15) is 11.4 Å². The zero-order valence-corrected chi connectivity index (χ0v) is 9.87. The van der Waals surface area contributed by atoms with Crippen LogP contribution in [0.2, 0.25) is 0 Å². The van der Waals surface area contributed by atoms with Gasteiger partial charge >= 0.3 is 0 Å². The van der Waals surface area contributed by atoms with Crippen LogP contribution >= 0.6 is 11.3 Å². The van der Waals surface area contributed by atoms with Crippen molar-refractivity contribution in [3.05, 3.63) is 34.8 Å². The fraction of sp³-hybridized carbons (Fsp3) is 0.0909. The normalized spacial score (nSPS) is 10.9. The standard InChI is InChI=1S/C11H10FN3OS/c1-16-8-4-9(12)10(14-5-8)3-2-7-6-17-11(13)15-7/h2-6H,1H3,(H2,13,15). The van der Waals surface area contributed by atoms with Gasteiger partial charge in [0.1, 0.15) is 5.75 Å². The first kappa shape index (κ1) is 11.5. The van der Waals surface area contributed by atoms with Crippen molar-refractivity contribution in [2.45, 2.75) is 0 Å². The minimum atomic E-state index is -0.441. The summed E-state index contributed by atoms with van der Waals surface area (Å²) in [5.41, 5.74) is 6.40.